The van der Waals surface area contributed by atoms with E-state index in [1.807, 2.05) is 12.1 Å². The smallest absolute Gasteiger partial charge is 0.410 e. The van der Waals surface area contributed by atoms with Crippen molar-refractivity contribution in [2.24, 2.45) is 5.92 Å². The van der Waals surface area contributed by atoms with Crippen LogP contribution in [-0.2, 0) is 16.1 Å². The zero-order chi connectivity index (χ0) is 18.6. The second kappa shape index (κ2) is 8.06. The molecule has 0 bridgehead atoms. The molecule has 2 atom stereocenters. The van der Waals surface area contributed by atoms with E-state index < -0.39 is 23.6 Å². The van der Waals surface area contributed by atoms with Crippen molar-refractivity contribution in [3.05, 3.63) is 34.9 Å². The Balaban J connectivity index is 1.96. The highest BCUT2D eigenvalue weighted by Crippen LogP contribution is 2.21. The van der Waals surface area contributed by atoms with Crippen molar-refractivity contribution in [3.63, 3.8) is 0 Å². The Hall–Kier alpha value is -1.79. The zero-order valence-electron chi connectivity index (χ0n) is 14.8. The maximum Gasteiger partial charge on any atom is 0.410 e. The number of hydrogen-bond acceptors (Lipinski definition) is 4. The summed E-state index contributed by atoms with van der Waals surface area (Å²) in [4.78, 5) is 25.3. The number of carboxylic acids is 1. The molecule has 0 radical (unpaired) electrons. The lowest BCUT2D eigenvalue weighted by Gasteiger charge is -2.37. The molecule has 6 nitrogen and oxygen atoms in total. The van der Waals surface area contributed by atoms with Gasteiger partial charge in [0, 0.05) is 30.7 Å². The summed E-state index contributed by atoms with van der Waals surface area (Å²) in [5.74, 6) is -1.59. The number of carboxylic acid groups (broad SMARTS) is 1. The van der Waals surface area contributed by atoms with Crippen LogP contribution in [0.25, 0.3) is 0 Å². The van der Waals surface area contributed by atoms with E-state index in [1.165, 1.54) is 4.90 Å². The summed E-state index contributed by atoms with van der Waals surface area (Å²) in [5, 5.41) is 13.5. The molecule has 1 amide bonds. The average molecular weight is 369 g/mol. The second-order valence-electron chi connectivity index (χ2n) is 7.27. The molecule has 1 fully saturated rings. The number of nitrogens with one attached hydrogen (secondary N) is 1. The van der Waals surface area contributed by atoms with Gasteiger partial charge < -0.3 is 20.1 Å². The van der Waals surface area contributed by atoms with Crippen LogP contribution in [0.4, 0.5) is 4.79 Å². The Morgan fingerprint density at radius 3 is 2.52 bits per heavy atom. The van der Waals surface area contributed by atoms with Gasteiger partial charge in [-0.05, 0) is 44.9 Å². The van der Waals surface area contributed by atoms with Gasteiger partial charge >= 0.3 is 12.1 Å². The Morgan fingerprint density at radius 2 is 1.96 bits per heavy atom. The number of ether oxygens (including phenoxy) is 1. The number of likely N-dealkylation sites (tertiary alicyclic amines) is 1. The summed E-state index contributed by atoms with van der Waals surface area (Å²) in [7, 11) is 0. The van der Waals surface area contributed by atoms with Crippen LogP contribution in [0.15, 0.2) is 24.3 Å². The molecule has 7 heteroatoms. The van der Waals surface area contributed by atoms with Crippen LogP contribution in [0.1, 0.15) is 32.8 Å². The van der Waals surface area contributed by atoms with Crippen molar-refractivity contribution in [1.29, 1.82) is 0 Å². The predicted molar refractivity (Wildman–Crippen MR) is 95.6 cm³/mol. The van der Waals surface area contributed by atoms with Gasteiger partial charge in [-0.3, -0.25) is 4.79 Å². The van der Waals surface area contributed by atoms with Crippen molar-refractivity contribution in [1.82, 2.24) is 10.2 Å². The Labute approximate surface area is 153 Å². The summed E-state index contributed by atoms with van der Waals surface area (Å²) in [6.45, 7) is 6.54. The van der Waals surface area contributed by atoms with Crippen LogP contribution in [0.3, 0.4) is 0 Å². The van der Waals surface area contributed by atoms with Gasteiger partial charge in [-0.1, -0.05) is 23.7 Å². The molecule has 0 aliphatic carbocycles. The van der Waals surface area contributed by atoms with E-state index in [-0.39, 0.29) is 12.6 Å². The Morgan fingerprint density at radius 1 is 1.32 bits per heavy atom. The molecule has 1 aliphatic heterocycles. The molecular formula is C18H25ClN2O4. The fraction of sp³-hybridized carbons (Fsp3) is 0.556. The molecule has 1 heterocycles. The number of piperidine rings is 1. The van der Waals surface area contributed by atoms with Crippen molar-refractivity contribution in [2.45, 2.75) is 45.4 Å². The quantitative estimate of drug-likeness (QED) is 0.853. The van der Waals surface area contributed by atoms with E-state index in [0.29, 0.717) is 24.5 Å². The third kappa shape index (κ3) is 5.90. The largest absolute Gasteiger partial charge is 0.481 e. The van der Waals surface area contributed by atoms with Crippen LogP contribution >= 0.6 is 11.6 Å². The molecule has 2 rings (SSSR count). The summed E-state index contributed by atoms with van der Waals surface area (Å²) >= 11 is 5.87. The van der Waals surface area contributed by atoms with Crippen molar-refractivity contribution in [3.8, 4) is 0 Å². The van der Waals surface area contributed by atoms with Crippen molar-refractivity contribution in [2.75, 3.05) is 13.1 Å². The maximum absolute atomic E-state index is 12.2. The van der Waals surface area contributed by atoms with Gasteiger partial charge in [0.15, 0.2) is 0 Å². The molecule has 25 heavy (non-hydrogen) atoms. The third-order valence-corrected chi connectivity index (χ3v) is 4.32. The summed E-state index contributed by atoms with van der Waals surface area (Å²) < 4.78 is 5.34. The molecule has 0 saturated carbocycles. The van der Waals surface area contributed by atoms with E-state index in [0.717, 1.165) is 5.56 Å². The highest BCUT2D eigenvalue weighted by molar-refractivity contribution is 6.30. The van der Waals surface area contributed by atoms with Crippen LogP contribution < -0.4 is 5.32 Å². The fourth-order valence-electron chi connectivity index (χ4n) is 2.79. The highest BCUT2D eigenvalue weighted by Gasteiger charge is 2.37. The maximum atomic E-state index is 12.2. The second-order valence-corrected chi connectivity index (χ2v) is 7.71. The molecule has 1 aromatic carbocycles. The number of halogens is 1. The van der Waals surface area contributed by atoms with E-state index in [9.17, 15) is 14.7 Å². The Bertz CT molecular complexity index is 612. The standard InChI is InChI=1S/C18H25ClN2O4/c1-18(2,3)25-17(24)21-9-8-15(14(11-21)16(22)23)20-10-12-4-6-13(19)7-5-12/h4-7,14-15,20H,8-11H2,1-3H3,(H,22,23)/t14-,15+/m1/s1. The Kier molecular flexibility index (Phi) is 6.30. The number of carbonyl (C=O) groups is 2. The third-order valence-electron chi connectivity index (χ3n) is 4.06. The lowest BCUT2D eigenvalue weighted by molar-refractivity contribution is -0.144. The van der Waals surface area contributed by atoms with E-state index in [2.05, 4.69) is 5.32 Å². The van der Waals surface area contributed by atoms with Crippen LogP contribution in [0.2, 0.25) is 5.02 Å². The number of aliphatic carboxylic acids is 1. The van der Waals surface area contributed by atoms with Gasteiger partial charge in [0.2, 0.25) is 0 Å². The first-order valence-corrected chi connectivity index (χ1v) is 8.72. The van der Waals surface area contributed by atoms with Crippen molar-refractivity contribution >= 4 is 23.7 Å². The molecular weight excluding hydrogens is 344 g/mol. The highest BCUT2D eigenvalue weighted by atomic mass is 35.5. The predicted octanol–water partition coefficient (Wildman–Crippen LogP) is 3.14. The van der Waals surface area contributed by atoms with E-state index in [4.69, 9.17) is 16.3 Å². The SMILES string of the molecule is CC(C)(C)OC(=O)N1CC[C@H](NCc2ccc(Cl)cc2)[C@H](C(=O)O)C1. The van der Waals surface area contributed by atoms with Gasteiger partial charge in [0.05, 0.1) is 5.92 Å². The molecule has 1 aromatic rings. The summed E-state index contributed by atoms with van der Waals surface area (Å²) in [6, 6.07) is 7.21. The zero-order valence-corrected chi connectivity index (χ0v) is 15.5. The molecule has 0 unspecified atom stereocenters. The number of hydrogen-bond donors (Lipinski definition) is 2. The van der Waals surface area contributed by atoms with Crippen LogP contribution in [0.5, 0.6) is 0 Å². The lowest BCUT2D eigenvalue weighted by Crippen LogP contribution is -2.54. The number of nitrogens with zero attached hydrogens (tertiary/aromatic N) is 1. The summed E-state index contributed by atoms with van der Waals surface area (Å²) in [5.41, 5.74) is 0.433. The minimum absolute atomic E-state index is 0.141. The fourth-order valence-corrected chi connectivity index (χ4v) is 2.92. The molecule has 138 valence electrons. The number of amides is 1. The van der Waals surface area contributed by atoms with Gasteiger partial charge in [-0.2, -0.15) is 0 Å². The van der Waals surface area contributed by atoms with E-state index >= 15 is 0 Å². The molecule has 1 aliphatic rings. The minimum atomic E-state index is -0.915. The number of benzene rings is 1. The summed E-state index contributed by atoms with van der Waals surface area (Å²) in [6.07, 6.45) is 0.0963. The van der Waals surface area contributed by atoms with Gasteiger partial charge in [0.25, 0.3) is 0 Å². The first-order chi connectivity index (χ1) is 11.7. The van der Waals surface area contributed by atoms with E-state index in [1.54, 1.807) is 32.9 Å². The molecule has 1 saturated heterocycles. The van der Waals surface area contributed by atoms with Gasteiger partial charge in [-0.15, -0.1) is 0 Å². The molecule has 2 N–H and O–H groups in total. The minimum Gasteiger partial charge on any atom is -0.481 e. The number of rotatable bonds is 4. The average Bonchev–Trinajstić information content (AvgIpc) is 2.52. The van der Waals surface area contributed by atoms with Gasteiger partial charge in [0.1, 0.15) is 5.60 Å². The van der Waals surface area contributed by atoms with Crippen molar-refractivity contribution < 1.29 is 19.4 Å². The first-order valence-electron chi connectivity index (χ1n) is 8.34. The molecule has 0 aromatic heterocycles. The lowest BCUT2D eigenvalue weighted by atomic mass is 9.92. The topological polar surface area (TPSA) is 78.9 Å². The molecule has 0 spiro atoms. The van der Waals surface area contributed by atoms with Crippen LogP contribution in [-0.4, -0.2) is 46.8 Å². The normalized spacial score (nSPS) is 21.0. The first kappa shape index (κ1) is 19.5. The number of carbonyl (C=O) groups excluding carboxylic acids is 1. The monoisotopic (exact) mass is 368 g/mol. The van der Waals surface area contributed by atoms with Gasteiger partial charge in [-0.25, -0.2) is 4.79 Å². The van der Waals surface area contributed by atoms with Crippen LogP contribution in [0, 0.1) is 5.92 Å².